The van der Waals surface area contributed by atoms with Crippen LogP contribution < -0.4 is 5.32 Å². The van der Waals surface area contributed by atoms with Crippen LogP contribution in [0.25, 0.3) is 0 Å². The van der Waals surface area contributed by atoms with Gasteiger partial charge in [-0.15, -0.1) is 0 Å². The fraction of sp³-hybridized carbons (Fsp3) is 0.737. The highest BCUT2D eigenvalue weighted by molar-refractivity contribution is 5.91. The lowest BCUT2D eigenvalue weighted by Crippen LogP contribution is -2.42. The van der Waals surface area contributed by atoms with E-state index in [1.807, 2.05) is 13.0 Å². The minimum absolute atomic E-state index is 0.155. The maximum Gasteiger partial charge on any atom is 0.287 e. The summed E-state index contributed by atoms with van der Waals surface area (Å²) in [4.78, 5) is 16.9. The van der Waals surface area contributed by atoms with Crippen LogP contribution in [0.2, 0.25) is 0 Å². The minimum Gasteiger partial charge on any atom is -0.456 e. The number of aryl methyl sites for hydroxylation is 1. The molecule has 1 amide bonds. The van der Waals surface area contributed by atoms with Crippen LogP contribution in [-0.2, 0) is 13.0 Å². The van der Waals surface area contributed by atoms with Gasteiger partial charge in [-0.1, -0.05) is 20.8 Å². The maximum absolute atomic E-state index is 12.4. The van der Waals surface area contributed by atoms with Crippen LogP contribution >= 0.6 is 0 Å². The van der Waals surface area contributed by atoms with Crippen molar-refractivity contribution < 1.29 is 14.3 Å². The molecule has 1 saturated heterocycles. The van der Waals surface area contributed by atoms with Crippen molar-refractivity contribution in [3.63, 3.8) is 0 Å². The molecule has 2 N–H and O–H groups in total. The molecule has 2 rings (SSSR count). The van der Waals surface area contributed by atoms with Gasteiger partial charge in [0.15, 0.2) is 5.76 Å². The van der Waals surface area contributed by atoms with Crippen LogP contribution in [0.15, 0.2) is 10.5 Å². The normalized spacial score (nSPS) is 18.7. The van der Waals surface area contributed by atoms with Gasteiger partial charge >= 0.3 is 0 Å². The number of carbonyl (C=O) groups excluding carboxylic acids is 1. The first-order valence-electron chi connectivity index (χ1n) is 9.59. The Morgan fingerprint density at radius 3 is 2.80 bits per heavy atom. The summed E-state index contributed by atoms with van der Waals surface area (Å²) in [7, 11) is 0. The molecule has 1 atom stereocenters. The van der Waals surface area contributed by atoms with Crippen molar-refractivity contribution in [2.24, 2.45) is 0 Å². The lowest BCUT2D eigenvalue weighted by atomic mass is 10.1. The summed E-state index contributed by atoms with van der Waals surface area (Å²) in [5, 5.41) is 12.6. The zero-order chi connectivity index (χ0) is 18.2. The second-order valence-corrected chi connectivity index (χ2v) is 6.73. The first-order valence-corrected chi connectivity index (χ1v) is 9.59. The Kier molecular flexibility index (Phi) is 7.93. The molecule has 142 valence electrons. The second kappa shape index (κ2) is 9.94. The van der Waals surface area contributed by atoms with Crippen molar-refractivity contribution in [2.45, 2.75) is 52.7 Å². The topological polar surface area (TPSA) is 69.0 Å². The van der Waals surface area contributed by atoms with Crippen molar-refractivity contribution in [1.82, 2.24) is 15.1 Å². The molecule has 2 heterocycles. The van der Waals surface area contributed by atoms with E-state index in [9.17, 15) is 9.90 Å². The molecule has 0 saturated carbocycles. The second-order valence-electron chi connectivity index (χ2n) is 6.73. The molecule has 1 aliphatic heterocycles. The van der Waals surface area contributed by atoms with Crippen LogP contribution in [-0.4, -0.2) is 66.2 Å². The number of hydrogen-bond donors (Lipinski definition) is 2. The number of piperidine rings is 1. The van der Waals surface area contributed by atoms with Gasteiger partial charge in [0.1, 0.15) is 5.76 Å². The molecular weight excluding hydrogens is 318 g/mol. The third-order valence-corrected chi connectivity index (χ3v) is 4.92. The van der Waals surface area contributed by atoms with Gasteiger partial charge in [-0.2, -0.15) is 0 Å². The summed E-state index contributed by atoms with van der Waals surface area (Å²) in [5.41, 5.74) is 1.11. The number of furan rings is 1. The minimum atomic E-state index is -0.232. The molecule has 1 fully saturated rings. The number of nitrogens with zero attached hydrogens (tertiary/aromatic N) is 2. The van der Waals surface area contributed by atoms with Crippen molar-refractivity contribution in [3.05, 3.63) is 23.2 Å². The number of carbonyl (C=O) groups is 1. The standard InChI is InChI=1S/C19H33N3O3/c1-4-17-15(13-21(5-2)6-3)12-18(25-17)19(24)20-9-11-22-10-7-8-16(23)14-22/h12,16,23H,4-11,13-14H2,1-3H3,(H,20,24). The zero-order valence-corrected chi connectivity index (χ0v) is 15.9. The largest absolute Gasteiger partial charge is 0.456 e. The summed E-state index contributed by atoms with van der Waals surface area (Å²) in [5.74, 6) is 1.15. The fourth-order valence-corrected chi connectivity index (χ4v) is 3.35. The van der Waals surface area contributed by atoms with Crippen LogP contribution in [0.1, 0.15) is 55.5 Å². The number of aliphatic hydroxyl groups excluding tert-OH is 1. The third kappa shape index (κ3) is 5.83. The molecule has 6 nitrogen and oxygen atoms in total. The van der Waals surface area contributed by atoms with E-state index < -0.39 is 0 Å². The fourth-order valence-electron chi connectivity index (χ4n) is 3.35. The number of aliphatic hydroxyl groups is 1. The van der Waals surface area contributed by atoms with Crippen LogP contribution in [0, 0.1) is 0 Å². The van der Waals surface area contributed by atoms with Gasteiger partial charge in [0.2, 0.25) is 0 Å². The molecule has 1 aromatic heterocycles. The van der Waals surface area contributed by atoms with Gasteiger partial charge < -0.3 is 14.8 Å². The SMILES string of the molecule is CCc1oc(C(=O)NCCN2CCCC(O)C2)cc1CN(CC)CC. The third-order valence-electron chi connectivity index (χ3n) is 4.92. The Hall–Kier alpha value is -1.37. The molecule has 0 radical (unpaired) electrons. The Bertz CT molecular complexity index is 540. The number of hydrogen-bond acceptors (Lipinski definition) is 5. The average molecular weight is 351 g/mol. The van der Waals surface area contributed by atoms with Gasteiger partial charge in [-0.25, -0.2) is 0 Å². The Balaban J connectivity index is 1.87. The van der Waals surface area contributed by atoms with Gasteiger partial charge in [0.05, 0.1) is 6.10 Å². The van der Waals surface area contributed by atoms with Crippen molar-refractivity contribution >= 4 is 5.91 Å². The van der Waals surface area contributed by atoms with Gasteiger partial charge in [-0.3, -0.25) is 14.6 Å². The van der Waals surface area contributed by atoms with Gasteiger partial charge in [0, 0.05) is 38.2 Å². The number of β-amino-alcohol motifs (C(OH)–C–C–N with tert-alkyl or cyclic N) is 1. The van der Waals surface area contributed by atoms with E-state index in [2.05, 4.69) is 29.0 Å². The van der Waals surface area contributed by atoms with E-state index in [0.29, 0.717) is 18.8 Å². The molecule has 0 aliphatic carbocycles. The summed E-state index contributed by atoms with van der Waals surface area (Å²) in [6.45, 7) is 12.1. The van der Waals surface area contributed by atoms with Crippen LogP contribution in [0.3, 0.4) is 0 Å². The van der Waals surface area contributed by atoms with Crippen LogP contribution in [0.5, 0.6) is 0 Å². The predicted octanol–water partition coefficient (Wildman–Crippen LogP) is 1.87. The monoisotopic (exact) mass is 351 g/mol. The number of nitrogens with one attached hydrogen (secondary N) is 1. The highest BCUT2D eigenvalue weighted by atomic mass is 16.4. The Morgan fingerprint density at radius 2 is 2.16 bits per heavy atom. The molecule has 0 spiro atoms. The van der Waals surface area contributed by atoms with E-state index >= 15 is 0 Å². The summed E-state index contributed by atoms with van der Waals surface area (Å²) >= 11 is 0. The van der Waals surface area contributed by atoms with E-state index in [0.717, 1.165) is 63.3 Å². The first kappa shape index (κ1) is 19.9. The molecule has 0 aromatic carbocycles. The number of rotatable bonds is 9. The van der Waals surface area contributed by atoms with Crippen LogP contribution in [0.4, 0.5) is 0 Å². The van der Waals surface area contributed by atoms with Gasteiger partial charge in [-0.05, 0) is 38.5 Å². The van der Waals surface area contributed by atoms with Crippen molar-refractivity contribution in [1.29, 1.82) is 0 Å². The lowest BCUT2D eigenvalue weighted by Gasteiger charge is -2.29. The van der Waals surface area contributed by atoms with E-state index in [-0.39, 0.29) is 12.0 Å². The highest BCUT2D eigenvalue weighted by Crippen LogP contribution is 2.18. The molecule has 1 aromatic rings. The summed E-state index contributed by atoms with van der Waals surface area (Å²) in [6.07, 6.45) is 2.45. The van der Waals surface area contributed by atoms with Crippen molar-refractivity contribution in [3.8, 4) is 0 Å². The number of amides is 1. The van der Waals surface area contributed by atoms with E-state index in [1.54, 1.807) is 0 Å². The molecule has 1 aliphatic rings. The summed E-state index contributed by atoms with van der Waals surface area (Å²) in [6, 6.07) is 1.89. The average Bonchev–Trinajstić information content (AvgIpc) is 3.02. The predicted molar refractivity (Wildman–Crippen MR) is 98.7 cm³/mol. The Morgan fingerprint density at radius 1 is 1.40 bits per heavy atom. The lowest BCUT2D eigenvalue weighted by molar-refractivity contribution is 0.0700. The van der Waals surface area contributed by atoms with E-state index in [1.165, 1.54) is 0 Å². The maximum atomic E-state index is 12.4. The Labute approximate surface area is 151 Å². The molecule has 6 heteroatoms. The molecular formula is C19H33N3O3. The first-order chi connectivity index (χ1) is 12.1. The van der Waals surface area contributed by atoms with E-state index in [4.69, 9.17) is 4.42 Å². The number of likely N-dealkylation sites (tertiary alicyclic amines) is 1. The summed E-state index contributed by atoms with van der Waals surface area (Å²) < 4.78 is 5.78. The van der Waals surface area contributed by atoms with Gasteiger partial charge in [0.25, 0.3) is 5.91 Å². The van der Waals surface area contributed by atoms with Crippen molar-refractivity contribution in [2.75, 3.05) is 39.3 Å². The zero-order valence-electron chi connectivity index (χ0n) is 15.9. The molecule has 1 unspecified atom stereocenters. The smallest absolute Gasteiger partial charge is 0.287 e. The quantitative estimate of drug-likeness (QED) is 0.711. The molecule has 25 heavy (non-hydrogen) atoms. The highest BCUT2D eigenvalue weighted by Gasteiger charge is 2.19. The molecule has 0 bridgehead atoms.